The zero-order valence-electron chi connectivity index (χ0n) is 17.1. The second kappa shape index (κ2) is 7.77. The maximum absolute atomic E-state index is 12.8. The van der Waals surface area contributed by atoms with E-state index in [9.17, 15) is 19.2 Å². The summed E-state index contributed by atoms with van der Waals surface area (Å²) in [5, 5.41) is 4.65. The SMILES string of the molecule is O=C1N/C(=C\c2cccc3ccccc23)C(=O)N1CCCN1C(=O)c2ccccc2C1=O. The predicted molar refractivity (Wildman–Crippen MR) is 119 cm³/mol. The summed E-state index contributed by atoms with van der Waals surface area (Å²) in [4.78, 5) is 52.4. The molecule has 5 rings (SSSR count). The summed E-state index contributed by atoms with van der Waals surface area (Å²) in [6, 6.07) is 19.7. The molecule has 0 aliphatic carbocycles. The molecule has 0 radical (unpaired) electrons. The predicted octanol–water partition coefficient (Wildman–Crippen LogP) is 3.42. The van der Waals surface area contributed by atoms with Crippen molar-refractivity contribution in [2.45, 2.75) is 6.42 Å². The highest BCUT2D eigenvalue weighted by molar-refractivity contribution is 6.21. The normalized spacial score (nSPS) is 16.9. The van der Waals surface area contributed by atoms with Gasteiger partial charge in [-0.05, 0) is 41.0 Å². The van der Waals surface area contributed by atoms with E-state index in [1.807, 2.05) is 42.5 Å². The van der Waals surface area contributed by atoms with E-state index >= 15 is 0 Å². The van der Waals surface area contributed by atoms with E-state index in [2.05, 4.69) is 5.32 Å². The van der Waals surface area contributed by atoms with E-state index in [4.69, 9.17) is 0 Å². The van der Waals surface area contributed by atoms with Gasteiger partial charge in [-0.25, -0.2) is 4.79 Å². The second-order valence-corrected chi connectivity index (χ2v) is 7.67. The van der Waals surface area contributed by atoms with Crippen LogP contribution in [-0.4, -0.2) is 46.6 Å². The third-order valence-electron chi connectivity index (χ3n) is 5.73. The Morgan fingerprint density at radius 2 is 1.31 bits per heavy atom. The lowest BCUT2D eigenvalue weighted by molar-refractivity contribution is -0.122. The summed E-state index contributed by atoms with van der Waals surface area (Å²) in [6.07, 6.45) is 1.97. The molecule has 7 nitrogen and oxygen atoms in total. The summed E-state index contributed by atoms with van der Waals surface area (Å²) in [5.41, 5.74) is 1.80. The molecule has 0 saturated carbocycles. The Morgan fingerprint density at radius 1 is 0.688 bits per heavy atom. The minimum Gasteiger partial charge on any atom is -0.303 e. The molecular weight excluding hydrogens is 406 g/mol. The molecule has 5 amide bonds. The first-order chi connectivity index (χ1) is 15.5. The lowest BCUT2D eigenvalue weighted by Gasteiger charge is -2.16. The van der Waals surface area contributed by atoms with Crippen LogP contribution in [0.5, 0.6) is 0 Å². The van der Waals surface area contributed by atoms with Crippen LogP contribution in [0.2, 0.25) is 0 Å². The molecule has 2 aliphatic heterocycles. The molecule has 3 aromatic rings. The van der Waals surface area contributed by atoms with Crippen LogP contribution in [0, 0.1) is 0 Å². The van der Waals surface area contributed by atoms with Crippen LogP contribution in [-0.2, 0) is 4.79 Å². The highest BCUT2D eigenvalue weighted by Crippen LogP contribution is 2.24. The van der Waals surface area contributed by atoms with Crippen molar-refractivity contribution in [2.75, 3.05) is 13.1 Å². The molecule has 1 N–H and O–H groups in total. The second-order valence-electron chi connectivity index (χ2n) is 7.67. The number of hydrogen-bond acceptors (Lipinski definition) is 4. The van der Waals surface area contributed by atoms with Gasteiger partial charge in [-0.15, -0.1) is 0 Å². The number of carbonyl (C=O) groups is 4. The summed E-state index contributed by atoms with van der Waals surface area (Å²) in [5.74, 6) is -1.12. The summed E-state index contributed by atoms with van der Waals surface area (Å²) in [7, 11) is 0. The van der Waals surface area contributed by atoms with E-state index in [1.54, 1.807) is 30.3 Å². The van der Waals surface area contributed by atoms with Crippen molar-refractivity contribution in [2.24, 2.45) is 0 Å². The fourth-order valence-electron chi connectivity index (χ4n) is 4.14. The van der Waals surface area contributed by atoms with Gasteiger partial charge >= 0.3 is 6.03 Å². The van der Waals surface area contributed by atoms with Gasteiger partial charge in [0.05, 0.1) is 11.1 Å². The van der Waals surface area contributed by atoms with Crippen LogP contribution in [0.3, 0.4) is 0 Å². The average molecular weight is 425 g/mol. The van der Waals surface area contributed by atoms with Crippen molar-refractivity contribution in [3.63, 3.8) is 0 Å². The topological polar surface area (TPSA) is 86.8 Å². The third kappa shape index (κ3) is 3.24. The van der Waals surface area contributed by atoms with E-state index < -0.39 is 11.9 Å². The van der Waals surface area contributed by atoms with Gasteiger partial charge in [0.25, 0.3) is 17.7 Å². The Morgan fingerprint density at radius 3 is 2.06 bits per heavy atom. The third-order valence-corrected chi connectivity index (χ3v) is 5.73. The highest BCUT2D eigenvalue weighted by atomic mass is 16.2. The summed E-state index contributed by atoms with van der Waals surface area (Å²) >= 11 is 0. The van der Waals surface area contributed by atoms with E-state index in [0.717, 1.165) is 26.1 Å². The number of hydrogen-bond donors (Lipinski definition) is 1. The van der Waals surface area contributed by atoms with Crippen molar-refractivity contribution in [1.82, 2.24) is 15.1 Å². The number of urea groups is 1. The Kier molecular flexibility index (Phi) is 4.78. The monoisotopic (exact) mass is 425 g/mol. The van der Waals surface area contributed by atoms with Crippen LogP contribution < -0.4 is 5.32 Å². The zero-order valence-corrected chi connectivity index (χ0v) is 17.1. The number of carbonyl (C=O) groups excluding carboxylic acids is 4. The first-order valence-electron chi connectivity index (χ1n) is 10.3. The lowest BCUT2D eigenvalue weighted by atomic mass is 10.0. The number of imide groups is 2. The van der Waals surface area contributed by atoms with Crippen LogP contribution in [0.1, 0.15) is 32.7 Å². The number of fused-ring (bicyclic) bond motifs is 2. The molecule has 1 saturated heterocycles. The highest BCUT2D eigenvalue weighted by Gasteiger charge is 2.36. The number of nitrogens with one attached hydrogen (secondary N) is 1. The zero-order chi connectivity index (χ0) is 22.2. The van der Waals surface area contributed by atoms with Crippen LogP contribution >= 0.6 is 0 Å². The summed E-state index contributed by atoms with van der Waals surface area (Å²) in [6.45, 7) is 0.233. The van der Waals surface area contributed by atoms with Gasteiger partial charge in [-0.2, -0.15) is 0 Å². The van der Waals surface area contributed by atoms with Gasteiger partial charge < -0.3 is 5.32 Å². The molecule has 0 bridgehead atoms. The Labute approximate surface area is 183 Å². The summed E-state index contributed by atoms with van der Waals surface area (Å²) < 4.78 is 0. The fourth-order valence-corrected chi connectivity index (χ4v) is 4.14. The first kappa shape index (κ1) is 19.7. The Bertz CT molecular complexity index is 1290. The van der Waals surface area contributed by atoms with E-state index in [-0.39, 0.29) is 30.6 Å². The minimum absolute atomic E-state index is 0.102. The molecular formula is C25H19N3O4. The van der Waals surface area contributed by atoms with Crippen LogP contribution in [0.25, 0.3) is 16.8 Å². The van der Waals surface area contributed by atoms with Crippen molar-refractivity contribution in [3.05, 3.63) is 89.1 Å². The van der Waals surface area contributed by atoms with Crippen molar-refractivity contribution in [3.8, 4) is 0 Å². The smallest absolute Gasteiger partial charge is 0.303 e. The molecule has 0 spiro atoms. The lowest BCUT2D eigenvalue weighted by Crippen LogP contribution is -2.36. The molecule has 3 aromatic carbocycles. The maximum atomic E-state index is 12.8. The van der Waals surface area contributed by atoms with Crippen molar-refractivity contribution < 1.29 is 19.2 Å². The van der Waals surface area contributed by atoms with Crippen molar-refractivity contribution in [1.29, 1.82) is 0 Å². The van der Waals surface area contributed by atoms with Crippen molar-refractivity contribution >= 4 is 40.6 Å². The molecule has 7 heteroatoms. The number of benzene rings is 3. The minimum atomic E-state index is -0.510. The van der Waals surface area contributed by atoms with Gasteiger partial charge in [-0.1, -0.05) is 54.6 Å². The van der Waals surface area contributed by atoms with Gasteiger partial charge in [0, 0.05) is 13.1 Å². The number of nitrogens with zero attached hydrogens (tertiary/aromatic N) is 2. The molecule has 32 heavy (non-hydrogen) atoms. The maximum Gasteiger partial charge on any atom is 0.329 e. The molecule has 158 valence electrons. The van der Waals surface area contributed by atoms with Crippen LogP contribution in [0.4, 0.5) is 4.79 Å². The Hall–Kier alpha value is -4.26. The van der Waals surface area contributed by atoms with Gasteiger partial charge in [-0.3, -0.25) is 24.2 Å². The van der Waals surface area contributed by atoms with E-state index in [0.29, 0.717) is 17.5 Å². The van der Waals surface area contributed by atoms with Gasteiger partial charge in [0.2, 0.25) is 0 Å². The molecule has 2 heterocycles. The fraction of sp³-hybridized carbons (Fsp3) is 0.120. The molecule has 1 fully saturated rings. The van der Waals surface area contributed by atoms with Gasteiger partial charge in [0.1, 0.15) is 5.70 Å². The average Bonchev–Trinajstić information content (AvgIpc) is 3.21. The first-order valence-corrected chi connectivity index (χ1v) is 10.3. The number of amides is 5. The molecule has 0 atom stereocenters. The standard InChI is InChI=1S/C25H19N3O4/c29-22-19-11-3-4-12-20(19)23(30)27(22)13-6-14-28-24(31)21(26-25(28)32)15-17-9-5-8-16-7-1-2-10-18(16)17/h1-5,7-12,15H,6,13-14H2,(H,26,32)/b21-15-. The van der Waals surface area contributed by atoms with Crippen LogP contribution in [0.15, 0.2) is 72.4 Å². The Balaban J connectivity index is 1.28. The largest absolute Gasteiger partial charge is 0.329 e. The quantitative estimate of drug-likeness (QED) is 0.386. The number of rotatable bonds is 5. The molecule has 0 aromatic heterocycles. The van der Waals surface area contributed by atoms with Gasteiger partial charge in [0.15, 0.2) is 0 Å². The van der Waals surface area contributed by atoms with E-state index in [1.165, 1.54) is 0 Å². The molecule has 0 unspecified atom stereocenters. The molecule has 2 aliphatic rings.